The first-order valence-corrected chi connectivity index (χ1v) is 7.98. The van der Waals surface area contributed by atoms with Crippen molar-refractivity contribution in [3.05, 3.63) is 53.6 Å². The fourth-order valence-electron chi connectivity index (χ4n) is 2.55. The number of hydrogen-bond donors (Lipinski definition) is 0. The van der Waals surface area contributed by atoms with Crippen molar-refractivity contribution in [1.29, 1.82) is 0 Å². The molecule has 4 nitrogen and oxygen atoms in total. The van der Waals surface area contributed by atoms with Gasteiger partial charge < -0.3 is 0 Å². The fraction of sp³-hybridized carbons (Fsp3) is 0.214. The number of rotatable bonds is 2. The van der Waals surface area contributed by atoms with Crippen LogP contribution >= 0.6 is 0 Å². The van der Waals surface area contributed by atoms with E-state index in [9.17, 15) is 26.0 Å². The number of para-hydroxylation sites is 1. The standard InChI is InChI=1S/C14H10F4N2O2S/c15-11-3-1-2-9-5-7-20(13(9)11)23(21,22)12-8-19-6-4-10(12)14(16,17)18/h1-4,6,8H,5,7H2. The number of benzene rings is 1. The molecule has 0 aliphatic carbocycles. The van der Waals surface area contributed by atoms with Crippen LogP contribution in [0.15, 0.2) is 41.6 Å². The van der Waals surface area contributed by atoms with Gasteiger partial charge in [0.1, 0.15) is 10.7 Å². The lowest BCUT2D eigenvalue weighted by molar-refractivity contribution is -0.140. The van der Waals surface area contributed by atoms with Crippen molar-refractivity contribution >= 4 is 15.7 Å². The highest BCUT2D eigenvalue weighted by atomic mass is 32.2. The minimum atomic E-state index is -4.86. The Morgan fingerprint density at radius 1 is 1.17 bits per heavy atom. The van der Waals surface area contributed by atoms with Gasteiger partial charge in [-0.1, -0.05) is 12.1 Å². The second-order valence-electron chi connectivity index (χ2n) is 4.94. The molecule has 1 aromatic carbocycles. The summed E-state index contributed by atoms with van der Waals surface area (Å²) in [4.78, 5) is 2.49. The Morgan fingerprint density at radius 2 is 1.91 bits per heavy atom. The number of pyridine rings is 1. The summed E-state index contributed by atoms with van der Waals surface area (Å²) in [5, 5.41) is 0. The van der Waals surface area contributed by atoms with Gasteiger partial charge in [0, 0.05) is 18.9 Å². The highest BCUT2D eigenvalue weighted by Crippen LogP contribution is 2.39. The molecule has 122 valence electrons. The average molecular weight is 346 g/mol. The van der Waals surface area contributed by atoms with E-state index in [4.69, 9.17) is 0 Å². The van der Waals surface area contributed by atoms with Crippen molar-refractivity contribution < 1.29 is 26.0 Å². The van der Waals surface area contributed by atoms with E-state index in [2.05, 4.69) is 4.98 Å². The van der Waals surface area contributed by atoms with Crippen molar-refractivity contribution in [1.82, 2.24) is 4.98 Å². The quantitative estimate of drug-likeness (QED) is 0.786. The second kappa shape index (κ2) is 5.19. The highest BCUT2D eigenvalue weighted by Gasteiger charge is 2.41. The van der Waals surface area contributed by atoms with Gasteiger partial charge in [0.15, 0.2) is 0 Å². The summed E-state index contributed by atoms with van der Waals surface area (Å²) in [6.07, 6.45) is -3.13. The summed E-state index contributed by atoms with van der Waals surface area (Å²) in [5.41, 5.74) is -1.09. The van der Waals surface area contributed by atoms with Crippen LogP contribution < -0.4 is 4.31 Å². The summed E-state index contributed by atoms with van der Waals surface area (Å²) in [6.45, 7) is -0.120. The predicted molar refractivity (Wildman–Crippen MR) is 73.9 cm³/mol. The van der Waals surface area contributed by atoms with Gasteiger partial charge in [0.05, 0.1) is 11.3 Å². The minimum Gasteiger partial charge on any atom is -0.263 e. The molecule has 0 saturated heterocycles. The van der Waals surface area contributed by atoms with E-state index in [-0.39, 0.29) is 18.7 Å². The van der Waals surface area contributed by atoms with Crippen LogP contribution in [0, 0.1) is 5.82 Å². The van der Waals surface area contributed by atoms with Crippen LogP contribution in [-0.2, 0) is 22.6 Å². The van der Waals surface area contributed by atoms with Gasteiger partial charge in [0.2, 0.25) is 0 Å². The molecule has 0 saturated carbocycles. The van der Waals surface area contributed by atoms with E-state index in [1.54, 1.807) is 6.07 Å². The summed E-state index contributed by atoms with van der Waals surface area (Å²) >= 11 is 0. The van der Waals surface area contributed by atoms with Crippen molar-refractivity contribution in [2.24, 2.45) is 0 Å². The molecule has 1 aliphatic heterocycles. The molecule has 9 heteroatoms. The smallest absolute Gasteiger partial charge is 0.263 e. The summed E-state index contributed by atoms with van der Waals surface area (Å²) in [6, 6.07) is 4.63. The third-order valence-corrected chi connectivity index (χ3v) is 5.39. The number of halogens is 4. The lowest BCUT2D eigenvalue weighted by Crippen LogP contribution is -2.31. The third-order valence-electron chi connectivity index (χ3n) is 3.56. The number of hydrogen-bond acceptors (Lipinski definition) is 3. The molecule has 3 rings (SSSR count). The number of anilines is 1. The van der Waals surface area contributed by atoms with E-state index in [1.807, 2.05) is 0 Å². The Hall–Kier alpha value is -2.16. The zero-order valence-electron chi connectivity index (χ0n) is 11.5. The van der Waals surface area contributed by atoms with Crippen LogP contribution in [0.1, 0.15) is 11.1 Å². The Kier molecular flexibility index (Phi) is 3.55. The Balaban J connectivity index is 2.17. The molecule has 0 N–H and O–H groups in total. The maximum absolute atomic E-state index is 14.0. The number of alkyl halides is 3. The number of aromatic nitrogens is 1. The van der Waals surface area contributed by atoms with Gasteiger partial charge in [-0.2, -0.15) is 13.2 Å². The van der Waals surface area contributed by atoms with Crippen LogP contribution in [0.25, 0.3) is 0 Å². The van der Waals surface area contributed by atoms with Gasteiger partial charge >= 0.3 is 6.18 Å². The maximum Gasteiger partial charge on any atom is 0.417 e. The van der Waals surface area contributed by atoms with Crippen molar-refractivity contribution in [3.63, 3.8) is 0 Å². The normalized spacial score (nSPS) is 14.9. The highest BCUT2D eigenvalue weighted by molar-refractivity contribution is 7.93. The van der Waals surface area contributed by atoms with Gasteiger partial charge in [-0.05, 0) is 24.1 Å². The molecule has 0 radical (unpaired) electrons. The average Bonchev–Trinajstić information content (AvgIpc) is 2.92. The van der Waals surface area contributed by atoms with Gasteiger partial charge in [-0.25, -0.2) is 12.8 Å². The number of sulfonamides is 1. The van der Waals surface area contributed by atoms with Crippen molar-refractivity contribution in [2.75, 3.05) is 10.8 Å². The Bertz CT molecular complexity index is 865. The lowest BCUT2D eigenvalue weighted by Gasteiger charge is -2.22. The minimum absolute atomic E-state index is 0.120. The van der Waals surface area contributed by atoms with Crippen LogP contribution in [-0.4, -0.2) is 19.9 Å². The summed E-state index contributed by atoms with van der Waals surface area (Å²) in [7, 11) is -4.58. The first kappa shape index (κ1) is 15.7. The maximum atomic E-state index is 14.0. The molecule has 1 aliphatic rings. The zero-order valence-corrected chi connectivity index (χ0v) is 12.3. The molecule has 2 aromatic rings. The Labute approximate surface area is 129 Å². The summed E-state index contributed by atoms with van der Waals surface area (Å²) in [5.74, 6) is -0.791. The molecule has 1 aromatic heterocycles. The second-order valence-corrected chi connectivity index (χ2v) is 6.78. The predicted octanol–water partition coefficient (Wildman–Crippen LogP) is 2.99. The summed E-state index contributed by atoms with van der Waals surface area (Å²) < 4.78 is 79.1. The van der Waals surface area contributed by atoms with Crippen molar-refractivity contribution in [3.8, 4) is 0 Å². The molecule has 0 amide bonds. The fourth-order valence-corrected chi connectivity index (χ4v) is 4.22. The van der Waals surface area contributed by atoms with Crippen LogP contribution in [0.3, 0.4) is 0 Å². The molecule has 0 fully saturated rings. The molecular weight excluding hydrogens is 336 g/mol. The van der Waals surface area contributed by atoms with Crippen LogP contribution in [0.4, 0.5) is 23.2 Å². The molecule has 0 unspecified atom stereocenters. The molecule has 2 heterocycles. The van der Waals surface area contributed by atoms with Gasteiger partial charge in [-0.3, -0.25) is 9.29 Å². The van der Waals surface area contributed by atoms with E-state index < -0.39 is 32.5 Å². The van der Waals surface area contributed by atoms with E-state index in [0.29, 0.717) is 22.1 Å². The largest absolute Gasteiger partial charge is 0.417 e. The van der Waals surface area contributed by atoms with Crippen molar-refractivity contribution in [2.45, 2.75) is 17.5 Å². The molecule has 23 heavy (non-hydrogen) atoms. The zero-order chi connectivity index (χ0) is 16.8. The van der Waals surface area contributed by atoms with Crippen LogP contribution in [0.5, 0.6) is 0 Å². The SMILES string of the molecule is O=S(=O)(c1cnccc1C(F)(F)F)N1CCc2cccc(F)c21. The topological polar surface area (TPSA) is 50.3 Å². The Morgan fingerprint density at radius 3 is 2.61 bits per heavy atom. The third kappa shape index (κ3) is 2.54. The van der Waals surface area contributed by atoms with Gasteiger partial charge in [0.25, 0.3) is 10.0 Å². The van der Waals surface area contributed by atoms with Crippen LogP contribution in [0.2, 0.25) is 0 Å². The van der Waals surface area contributed by atoms with E-state index in [0.717, 1.165) is 12.3 Å². The monoisotopic (exact) mass is 346 g/mol. The first-order valence-electron chi connectivity index (χ1n) is 6.54. The van der Waals surface area contributed by atoms with E-state index >= 15 is 0 Å². The molecular formula is C14H10F4N2O2S. The van der Waals surface area contributed by atoms with E-state index in [1.165, 1.54) is 6.07 Å². The molecule has 0 spiro atoms. The van der Waals surface area contributed by atoms with Gasteiger partial charge in [-0.15, -0.1) is 0 Å². The number of fused-ring (bicyclic) bond motifs is 1. The lowest BCUT2D eigenvalue weighted by atomic mass is 10.2. The molecule has 0 bridgehead atoms. The first-order chi connectivity index (χ1) is 10.7. The molecule has 0 atom stereocenters. The number of nitrogens with zero attached hydrogens (tertiary/aromatic N) is 2.